The van der Waals surface area contributed by atoms with Gasteiger partial charge in [-0.1, -0.05) is 12.0 Å². The van der Waals surface area contributed by atoms with E-state index >= 15 is 0 Å². The Bertz CT molecular complexity index is 1360. The highest BCUT2D eigenvalue weighted by Crippen LogP contribution is 2.28. The fraction of sp³-hybridized carbons (Fsp3) is 0.423. The van der Waals surface area contributed by atoms with Gasteiger partial charge in [-0.3, -0.25) is 0 Å². The number of rotatable bonds is 7. The molecule has 0 aliphatic carbocycles. The Kier molecular flexibility index (Phi) is 7.91. The van der Waals surface area contributed by atoms with Crippen molar-refractivity contribution in [3.8, 4) is 11.8 Å². The number of benzene rings is 1. The lowest BCUT2D eigenvalue weighted by Gasteiger charge is -2.21. The number of hydrogen-bond acceptors (Lipinski definition) is 5. The SMILES string of the molecule is CS(=O)(=O)c1ccc(NCC#Cc2cc3cc(CCC4CCOCC4)ccc3n2CC(F)(F)F)cn1. The number of hydrogen-bond donors (Lipinski definition) is 1. The highest BCUT2D eigenvalue weighted by molar-refractivity contribution is 7.90. The second-order valence-electron chi connectivity index (χ2n) is 9.03. The van der Waals surface area contributed by atoms with E-state index < -0.39 is 22.6 Å². The number of anilines is 1. The number of sulfone groups is 1. The van der Waals surface area contributed by atoms with Crippen LogP contribution in [0.5, 0.6) is 0 Å². The van der Waals surface area contributed by atoms with E-state index in [2.05, 4.69) is 22.1 Å². The highest BCUT2D eigenvalue weighted by Gasteiger charge is 2.29. The molecule has 2 aromatic heterocycles. The number of aromatic nitrogens is 2. The molecule has 1 fully saturated rings. The van der Waals surface area contributed by atoms with Crippen molar-refractivity contribution >= 4 is 26.4 Å². The van der Waals surface area contributed by atoms with Gasteiger partial charge < -0.3 is 14.6 Å². The van der Waals surface area contributed by atoms with Crippen molar-refractivity contribution in [2.24, 2.45) is 5.92 Å². The molecule has 0 saturated carbocycles. The van der Waals surface area contributed by atoms with Crippen LogP contribution in [0, 0.1) is 17.8 Å². The molecule has 3 aromatic rings. The zero-order chi connectivity index (χ0) is 25.8. The quantitative estimate of drug-likeness (QED) is 0.453. The number of pyridine rings is 1. The zero-order valence-electron chi connectivity index (χ0n) is 19.9. The molecule has 0 radical (unpaired) electrons. The number of halogens is 3. The molecular formula is C26H28F3N3O3S. The van der Waals surface area contributed by atoms with E-state index in [0.717, 1.165) is 56.1 Å². The molecule has 192 valence electrons. The molecule has 1 N–H and O–H groups in total. The third-order valence-electron chi connectivity index (χ3n) is 6.20. The largest absolute Gasteiger partial charge is 0.406 e. The summed E-state index contributed by atoms with van der Waals surface area (Å²) in [6.45, 7) is 0.628. The fourth-order valence-electron chi connectivity index (χ4n) is 4.32. The van der Waals surface area contributed by atoms with Gasteiger partial charge in [-0.15, -0.1) is 0 Å². The average molecular weight is 520 g/mol. The summed E-state index contributed by atoms with van der Waals surface area (Å²) in [6, 6.07) is 10.3. The average Bonchev–Trinajstić information content (AvgIpc) is 3.16. The molecule has 10 heteroatoms. The maximum atomic E-state index is 13.3. The predicted octanol–water partition coefficient (Wildman–Crippen LogP) is 4.82. The molecule has 1 aliphatic rings. The second kappa shape index (κ2) is 10.9. The fourth-order valence-corrected chi connectivity index (χ4v) is 4.88. The summed E-state index contributed by atoms with van der Waals surface area (Å²) in [4.78, 5) is 3.89. The number of aryl methyl sites for hydroxylation is 1. The van der Waals surface area contributed by atoms with E-state index in [1.165, 1.54) is 16.8 Å². The van der Waals surface area contributed by atoms with Crippen LogP contribution in [0.1, 0.15) is 30.5 Å². The highest BCUT2D eigenvalue weighted by atomic mass is 32.2. The van der Waals surface area contributed by atoms with E-state index in [1.807, 2.05) is 12.1 Å². The van der Waals surface area contributed by atoms with Crippen molar-refractivity contribution in [3.63, 3.8) is 0 Å². The van der Waals surface area contributed by atoms with Gasteiger partial charge in [0.2, 0.25) is 0 Å². The van der Waals surface area contributed by atoms with Crippen molar-refractivity contribution in [1.82, 2.24) is 9.55 Å². The molecule has 36 heavy (non-hydrogen) atoms. The van der Waals surface area contributed by atoms with Crippen LogP contribution in [0.2, 0.25) is 0 Å². The van der Waals surface area contributed by atoms with Gasteiger partial charge >= 0.3 is 6.18 Å². The molecule has 0 amide bonds. The summed E-state index contributed by atoms with van der Waals surface area (Å²) in [7, 11) is -3.39. The van der Waals surface area contributed by atoms with Crippen molar-refractivity contribution in [1.29, 1.82) is 0 Å². The van der Waals surface area contributed by atoms with Crippen LogP contribution in [0.25, 0.3) is 10.9 Å². The van der Waals surface area contributed by atoms with E-state index in [4.69, 9.17) is 4.74 Å². The molecule has 1 saturated heterocycles. The lowest BCUT2D eigenvalue weighted by Crippen LogP contribution is -2.18. The van der Waals surface area contributed by atoms with E-state index in [0.29, 0.717) is 17.1 Å². The van der Waals surface area contributed by atoms with Crippen LogP contribution >= 0.6 is 0 Å². The zero-order valence-corrected chi connectivity index (χ0v) is 20.8. The molecule has 0 unspecified atom stereocenters. The Morgan fingerprint density at radius 3 is 2.61 bits per heavy atom. The van der Waals surface area contributed by atoms with Crippen molar-refractivity contribution in [2.45, 2.75) is 43.4 Å². The van der Waals surface area contributed by atoms with E-state index in [9.17, 15) is 21.6 Å². The first-order valence-corrected chi connectivity index (χ1v) is 13.6. The van der Waals surface area contributed by atoms with Gasteiger partial charge in [0, 0.05) is 30.4 Å². The monoisotopic (exact) mass is 519 g/mol. The Morgan fingerprint density at radius 2 is 1.94 bits per heavy atom. The summed E-state index contributed by atoms with van der Waals surface area (Å²) >= 11 is 0. The van der Waals surface area contributed by atoms with Gasteiger partial charge in [0.05, 0.1) is 24.1 Å². The van der Waals surface area contributed by atoms with E-state index in [1.54, 1.807) is 18.2 Å². The predicted molar refractivity (Wildman–Crippen MR) is 133 cm³/mol. The first kappa shape index (κ1) is 26.0. The molecule has 0 bridgehead atoms. The number of nitrogens with zero attached hydrogens (tertiary/aromatic N) is 2. The van der Waals surface area contributed by atoms with Crippen LogP contribution in [-0.4, -0.2) is 50.2 Å². The van der Waals surface area contributed by atoms with Gasteiger partial charge in [-0.05, 0) is 73.4 Å². The van der Waals surface area contributed by atoms with Crippen molar-refractivity contribution in [2.75, 3.05) is 31.3 Å². The molecule has 1 aromatic carbocycles. The molecule has 0 spiro atoms. The minimum atomic E-state index is -4.38. The molecule has 3 heterocycles. The summed E-state index contributed by atoms with van der Waals surface area (Å²) in [5, 5.41) is 3.68. The Morgan fingerprint density at radius 1 is 1.17 bits per heavy atom. The minimum Gasteiger partial charge on any atom is -0.381 e. The maximum Gasteiger partial charge on any atom is 0.406 e. The van der Waals surface area contributed by atoms with Crippen LogP contribution in [0.4, 0.5) is 18.9 Å². The molecule has 4 rings (SSSR count). The van der Waals surface area contributed by atoms with Crippen molar-refractivity contribution < 1.29 is 26.3 Å². The third kappa shape index (κ3) is 7.02. The second-order valence-corrected chi connectivity index (χ2v) is 11.0. The molecule has 6 nitrogen and oxygen atoms in total. The normalized spacial score (nSPS) is 15.0. The molecular weight excluding hydrogens is 491 g/mol. The number of alkyl halides is 3. The smallest absolute Gasteiger partial charge is 0.381 e. The van der Waals surface area contributed by atoms with Gasteiger partial charge in [0.15, 0.2) is 14.9 Å². The van der Waals surface area contributed by atoms with Gasteiger partial charge in [0.1, 0.15) is 6.54 Å². The minimum absolute atomic E-state index is 0.0390. The third-order valence-corrected chi connectivity index (χ3v) is 7.20. The maximum absolute atomic E-state index is 13.3. The van der Waals surface area contributed by atoms with E-state index in [-0.39, 0.29) is 17.3 Å². The van der Waals surface area contributed by atoms with Gasteiger partial charge in [0.25, 0.3) is 0 Å². The van der Waals surface area contributed by atoms with Gasteiger partial charge in [-0.2, -0.15) is 13.2 Å². The lowest BCUT2D eigenvalue weighted by atomic mass is 9.92. The summed E-state index contributed by atoms with van der Waals surface area (Å²) in [5.41, 5.74) is 2.45. The van der Waals surface area contributed by atoms with Crippen LogP contribution in [-0.2, 0) is 27.5 Å². The number of fused-ring (bicyclic) bond motifs is 1. The Labute approximate surface area is 208 Å². The first-order valence-electron chi connectivity index (χ1n) is 11.7. The van der Waals surface area contributed by atoms with Crippen LogP contribution in [0.3, 0.4) is 0 Å². The molecule has 1 aliphatic heterocycles. The number of ether oxygens (including phenoxy) is 1. The standard InChI is InChI=1S/C26H28F3N3O3S/c1-36(33,34)25-9-7-22(17-31-25)30-12-2-3-23-16-21-15-20(5-4-19-10-13-35-14-11-19)6-8-24(21)32(23)18-26(27,28)29/h6-9,15-17,19,30H,4-5,10-14,18H2,1H3. The Hall–Kier alpha value is -3.03. The topological polar surface area (TPSA) is 73.2 Å². The summed E-state index contributed by atoms with van der Waals surface area (Å²) < 4.78 is 69.6. The van der Waals surface area contributed by atoms with Crippen molar-refractivity contribution in [3.05, 3.63) is 53.9 Å². The number of nitrogens with one attached hydrogen (secondary N) is 1. The first-order chi connectivity index (χ1) is 17.1. The molecule has 0 atom stereocenters. The van der Waals surface area contributed by atoms with Crippen LogP contribution < -0.4 is 5.32 Å². The Balaban J connectivity index is 1.49. The van der Waals surface area contributed by atoms with Crippen LogP contribution in [0.15, 0.2) is 47.6 Å². The summed E-state index contributed by atoms with van der Waals surface area (Å²) in [6.07, 6.45) is 2.09. The van der Waals surface area contributed by atoms with Gasteiger partial charge in [-0.25, -0.2) is 13.4 Å². The summed E-state index contributed by atoms with van der Waals surface area (Å²) in [5.74, 6) is 6.33. The lowest BCUT2D eigenvalue weighted by molar-refractivity contribution is -0.140.